The Balaban J connectivity index is 1.85. The predicted molar refractivity (Wildman–Crippen MR) is 83.3 cm³/mol. The molecule has 21 heavy (non-hydrogen) atoms. The fourth-order valence-corrected chi connectivity index (χ4v) is 3.30. The molecule has 1 aliphatic heterocycles. The molecule has 0 aliphatic carbocycles. The number of carbonyl (C=O) groups excluding carboxylic acids is 2. The smallest absolute Gasteiger partial charge is 0.245 e. The molecule has 0 spiro atoms. The first-order chi connectivity index (χ1) is 10.1. The summed E-state index contributed by atoms with van der Waals surface area (Å²) in [6.45, 7) is 7.04. The average molecular weight is 310 g/mol. The van der Waals surface area contributed by atoms with Crippen molar-refractivity contribution < 1.29 is 9.59 Å². The highest BCUT2D eigenvalue weighted by molar-refractivity contribution is 7.15. The first-order valence-electron chi connectivity index (χ1n) is 7.39. The van der Waals surface area contributed by atoms with Crippen molar-refractivity contribution in [1.29, 1.82) is 0 Å². The summed E-state index contributed by atoms with van der Waals surface area (Å²) >= 11 is 1.53. The molecule has 0 atom stereocenters. The van der Waals surface area contributed by atoms with Gasteiger partial charge in [0.25, 0.3) is 0 Å². The lowest BCUT2D eigenvalue weighted by Crippen LogP contribution is -2.32. The molecule has 2 rings (SSSR count). The van der Waals surface area contributed by atoms with Gasteiger partial charge in [-0.15, -0.1) is 11.3 Å². The highest BCUT2D eigenvalue weighted by atomic mass is 32.1. The van der Waals surface area contributed by atoms with Crippen LogP contribution in [0.1, 0.15) is 37.3 Å². The second kappa shape index (κ2) is 7.51. The third-order valence-corrected chi connectivity index (χ3v) is 4.42. The molecule has 0 fully saturated rings. The Labute approximate surface area is 128 Å². The van der Waals surface area contributed by atoms with Crippen LogP contribution < -0.4 is 10.6 Å². The van der Waals surface area contributed by atoms with Crippen LogP contribution in [0.4, 0.5) is 5.13 Å². The van der Waals surface area contributed by atoms with Crippen LogP contribution >= 0.6 is 11.3 Å². The molecule has 0 saturated heterocycles. The Morgan fingerprint density at radius 1 is 1.33 bits per heavy atom. The zero-order valence-electron chi connectivity index (χ0n) is 12.6. The van der Waals surface area contributed by atoms with Crippen LogP contribution in [0.25, 0.3) is 0 Å². The summed E-state index contributed by atoms with van der Waals surface area (Å²) in [7, 11) is 0. The van der Waals surface area contributed by atoms with Gasteiger partial charge in [-0.3, -0.25) is 14.5 Å². The van der Waals surface area contributed by atoms with E-state index < -0.39 is 0 Å². The Hall–Kier alpha value is -1.47. The summed E-state index contributed by atoms with van der Waals surface area (Å²) < 4.78 is 0. The molecule has 2 N–H and O–H groups in total. The van der Waals surface area contributed by atoms with Gasteiger partial charge in [-0.2, -0.15) is 0 Å². The van der Waals surface area contributed by atoms with Gasteiger partial charge < -0.3 is 10.6 Å². The molecule has 2 heterocycles. The van der Waals surface area contributed by atoms with Crippen molar-refractivity contribution in [3.63, 3.8) is 0 Å². The molecule has 1 aromatic heterocycles. The fourth-order valence-electron chi connectivity index (χ4n) is 2.23. The van der Waals surface area contributed by atoms with E-state index in [1.807, 2.05) is 6.92 Å². The molecule has 1 aliphatic rings. The largest absolute Gasteiger partial charge is 0.347 e. The Kier molecular flexibility index (Phi) is 5.69. The van der Waals surface area contributed by atoms with Gasteiger partial charge in [0.05, 0.1) is 12.2 Å². The lowest BCUT2D eigenvalue weighted by Gasteiger charge is -2.23. The standard InChI is InChI=1S/C14H22N4O2S/c1-3-5-12(19)15-8-13(20)17-14-16-10-6-7-18(4-2)9-11(10)21-14/h3-9H2,1-2H3,(H,15,19)(H,16,17,20). The van der Waals surface area contributed by atoms with Crippen molar-refractivity contribution in [3.8, 4) is 0 Å². The van der Waals surface area contributed by atoms with E-state index in [1.165, 1.54) is 16.2 Å². The molecule has 0 aromatic carbocycles. The van der Waals surface area contributed by atoms with Gasteiger partial charge in [-0.1, -0.05) is 13.8 Å². The molecule has 0 radical (unpaired) electrons. The second-order valence-corrected chi connectivity index (χ2v) is 6.17. The summed E-state index contributed by atoms with van der Waals surface area (Å²) in [6.07, 6.45) is 2.16. The van der Waals surface area contributed by atoms with Gasteiger partial charge in [0, 0.05) is 30.8 Å². The third-order valence-electron chi connectivity index (χ3n) is 3.43. The van der Waals surface area contributed by atoms with Gasteiger partial charge in [0.1, 0.15) is 0 Å². The number of nitrogens with one attached hydrogen (secondary N) is 2. The van der Waals surface area contributed by atoms with Crippen LogP contribution in [0, 0.1) is 0 Å². The topological polar surface area (TPSA) is 74.3 Å². The quantitative estimate of drug-likeness (QED) is 0.832. The molecule has 7 heteroatoms. The number of anilines is 1. The Morgan fingerprint density at radius 2 is 2.14 bits per heavy atom. The van der Waals surface area contributed by atoms with E-state index in [4.69, 9.17) is 0 Å². The van der Waals surface area contributed by atoms with Gasteiger partial charge in [0.2, 0.25) is 11.8 Å². The zero-order valence-corrected chi connectivity index (χ0v) is 13.4. The number of fused-ring (bicyclic) bond motifs is 1. The van der Waals surface area contributed by atoms with Crippen molar-refractivity contribution in [3.05, 3.63) is 10.6 Å². The fraction of sp³-hybridized carbons (Fsp3) is 0.643. The number of likely N-dealkylation sites (N-methyl/N-ethyl adjacent to an activating group) is 1. The molecule has 6 nitrogen and oxygen atoms in total. The number of hydrogen-bond acceptors (Lipinski definition) is 5. The maximum absolute atomic E-state index is 11.8. The van der Waals surface area contributed by atoms with Crippen LogP contribution in [0.2, 0.25) is 0 Å². The molecule has 0 saturated carbocycles. The third kappa shape index (κ3) is 4.50. The number of amides is 2. The van der Waals surface area contributed by atoms with Crippen LogP contribution in [0.5, 0.6) is 0 Å². The number of rotatable bonds is 6. The minimum Gasteiger partial charge on any atom is -0.347 e. The summed E-state index contributed by atoms with van der Waals surface area (Å²) in [4.78, 5) is 31.2. The lowest BCUT2D eigenvalue weighted by atomic mass is 10.2. The van der Waals surface area contributed by atoms with Crippen molar-refractivity contribution in [1.82, 2.24) is 15.2 Å². The minimum atomic E-state index is -0.224. The molecule has 1 aromatic rings. The first-order valence-corrected chi connectivity index (χ1v) is 8.21. The van der Waals surface area contributed by atoms with Gasteiger partial charge in [-0.05, 0) is 13.0 Å². The summed E-state index contributed by atoms with van der Waals surface area (Å²) in [6, 6.07) is 0. The number of nitrogens with zero attached hydrogens (tertiary/aromatic N) is 2. The SMILES string of the molecule is CCCC(=O)NCC(=O)Nc1nc2c(s1)CN(CC)CC2. The summed E-state index contributed by atoms with van der Waals surface area (Å²) in [5, 5.41) is 6.00. The predicted octanol–water partition coefficient (Wildman–Crippen LogP) is 1.38. The summed E-state index contributed by atoms with van der Waals surface area (Å²) in [5.41, 5.74) is 1.09. The number of hydrogen-bond donors (Lipinski definition) is 2. The minimum absolute atomic E-state index is 0.00413. The van der Waals surface area contributed by atoms with Gasteiger partial charge in [0.15, 0.2) is 5.13 Å². The van der Waals surface area contributed by atoms with Crippen LogP contribution in [0.3, 0.4) is 0 Å². The van der Waals surface area contributed by atoms with Crippen LogP contribution in [-0.4, -0.2) is 41.3 Å². The lowest BCUT2D eigenvalue weighted by molar-refractivity contribution is -0.124. The Morgan fingerprint density at radius 3 is 2.86 bits per heavy atom. The molecular weight excluding hydrogens is 288 g/mol. The number of carbonyl (C=O) groups is 2. The second-order valence-electron chi connectivity index (χ2n) is 5.08. The van der Waals surface area contributed by atoms with Gasteiger partial charge >= 0.3 is 0 Å². The molecular formula is C14H22N4O2S. The molecule has 116 valence electrons. The first kappa shape index (κ1) is 15.9. The van der Waals surface area contributed by atoms with E-state index in [0.29, 0.717) is 11.6 Å². The normalized spacial score (nSPS) is 14.6. The highest BCUT2D eigenvalue weighted by Gasteiger charge is 2.20. The van der Waals surface area contributed by atoms with Crippen LogP contribution in [0.15, 0.2) is 0 Å². The van der Waals surface area contributed by atoms with Crippen LogP contribution in [-0.2, 0) is 22.6 Å². The molecule has 0 bridgehead atoms. The van der Waals surface area contributed by atoms with Crippen molar-refractivity contribution in [2.24, 2.45) is 0 Å². The maximum Gasteiger partial charge on any atom is 0.245 e. The van der Waals surface area contributed by atoms with E-state index in [1.54, 1.807) is 0 Å². The number of aromatic nitrogens is 1. The van der Waals surface area contributed by atoms with E-state index in [2.05, 4.69) is 27.4 Å². The Bertz CT molecular complexity index is 515. The zero-order chi connectivity index (χ0) is 15.2. The van der Waals surface area contributed by atoms with E-state index in [-0.39, 0.29) is 18.4 Å². The molecule has 2 amide bonds. The maximum atomic E-state index is 11.8. The van der Waals surface area contributed by atoms with Gasteiger partial charge in [-0.25, -0.2) is 4.98 Å². The molecule has 0 unspecified atom stereocenters. The van der Waals surface area contributed by atoms with E-state index in [9.17, 15) is 9.59 Å². The van der Waals surface area contributed by atoms with E-state index in [0.717, 1.165) is 38.2 Å². The summed E-state index contributed by atoms with van der Waals surface area (Å²) in [5.74, 6) is -0.317. The van der Waals surface area contributed by atoms with Crippen molar-refractivity contribution >= 4 is 28.3 Å². The van der Waals surface area contributed by atoms with Crippen molar-refractivity contribution in [2.45, 2.75) is 39.7 Å². The average Bonchev–Trinajstić information content (AvgIpc) is 2.86. The highest BCUT2D eigenvalue weighted by Crippen LogP contribution is 2.27. The number of thiazole rings is 1. The monoisotopic (exact) mass is 310 g/mol. The van der Waals surface area contributed by atoms with Crippen molar-refractivity contribution in [2.75, 3.05) is 25.0 Å². The van der Waals surface area contributed by atoms with E-state index >= 15 is 0 Å².